The molecule has 1 aliphatic heterocycles. The summed E-state index contributed by atoms with van der Waals surface area (Å²) in [5, 5.41) is 0. The third-order valence-corrected chi connectivity index (χ3v) is 6.90. The molecule has 0 bridgehead atoms. The number of hydrogen-bond acceptors (Lipinski definition) is 4. The van der Waals surface area contributed by atoms with E-state index in [9.17, 15) is 14.0 Å². The lowest BCUT2D eigenvalue weighted by atomic mass is 9.95. The SMILES string of the molecule is CCC(CC)C(=O)N1CCN(Cc2cc(F)cc(CC(=O)c3ccc(C)nc3)c2C)C[C@@H]1C. The fourth-order valence-corrected chi connectivity index (χ4v) is 4.67. The molecule has 1 saturated heterocycles. The van der Waals surface area contributed by atoms with Gasteiger partial charge in [0.1, 0.15) is 5.82 Å². The zero-order valence-corrected chi connectivity index (χ0v) is 20.5. The highest BCUT2D eigenvalue weighted by Gasteiger charge is 2.30. The van der Waals surface area contributed by atoms with Crippen LogP contribution in [0, 0.1) is 25.6 Å². The molecule has 33 heavy (non-hydrogen) atoms. The number of nitrogens with zero attached hydrogens (tertiary/aromatic N) is 3. The molecule has 0 aliphatic carbocycles. The molecule has 1 fully saturated rings. The summed E-state index contributed by atoms with van der Waals surface area (Å²) in [4.78, 5) is 34.0. The normalized spacial score (nSPS) is 16.9. The van der Waals surface area contributed by atoms with Crippen LogP contribution in [0.25, 0.3) is 0 Å². The van der Waals surface area contributed by atoms with Crippen LogP contribution in [0.3, 0.4) is 0 Å². The largest absolute Gasteiger partial charge is 0.337 e. The van der Waals surface area contributed by atoms with Crippen LogP contribution < -0.4 is 0 Å². The second kappa shape index (κ2) is 11.0. The molecule has 0 N–H and O–H groups in total. The highest BCUT2D eigenvalue weighted by atomic mass is 19.1. The quantitative estimate of drug-likeness (QED) is 0.542. The van der Waals surface area contributed by atoms with Gasteiger partial charge < -0.3 is 4.90 Å². The number of carbonyl (C=O) groups excluding carboxylic acids is 2. The van der Waals surface area contributed by atoms with E-state index < -0.39 is 0 Å². The predicted molar refractivity (Wildman–Crippen MR) is 129 cm³/mol. The van der Waals surface area contributed by atoms with Gasteiger partial charge in [0.2, 0.25) is 5.91 Å². The number of aryl methyl sites for hydroxylation is 1. The topological polar surface area (TPSA) is 53.5 Å². The van der Waals surface area contributed by atoms with Crippen molar-refractivity contribution in [1.82, 2.24) is 14.8 Å². The summed E-state index contributed by atoms with van der Waals surface area (Å²) in [5.74, 6) is -0.0471. The highest BCUT2D eigenvalue weighted by Crippen LogP contribution is 2.23. The molecule has 2 aromatic rings. The van der Waals surface area contributed by atoms with Crippen molar-refractivity contribution in [3.8, 4) is 0 Å². The molecule has 178 valence electrons. The number of benzene rings is 1. The Kier molecular flexibility index (Phi) is 8.35. The number of amides is 1. The minimum atomic E-state index is -0.323. The molecular weight excluding hydrogens is 417 g/mol. The number of ketones is 1. The Labute approximate surface area is 197 Å². The molecule has 1 aromatic carbocycles. The lowest BCUT2D eigenvalue weighted by Crippen LogP contribution is -2.55. The Morgan fingerprint density at radius 1 is 1.12 bits per heavy atom. The smallest absolute Gasteiger partial charge is 0.225 e. The Morgan fingerprint density at radius 3 is 2.42 bits per heavy atom. The number of Topliss-reactive ketones (excluding diaryl/α,β-unsaturated/α-hetero) is 1. The van der Waals surface area contributed by atoms with Gasteiger partial charge in [-0.2, -0.15) is 0 Å². The first-order chi connectivity index (χ1) is 15.7. The third-order valence-electron chi connectivity index (χ3n) is 6.90. The van der Waals surface area contributed by atoms with Crippen molar-refractivity contribution in [2.75, 3.05) is 19.6 Å². The van der Waals surface area contributed by atoms with Crippen molar-refractivity contribution in [1.29, 1.82) is 0 Å². The van der Waals surface area contributed by atoms with E-state index in [4.69, 9.17) is 0 Å². The van der Waals surface area contributed by atoms with Crippen molar-refractivity contribution in [3.63, 3.8) is 0 Å². The van der Waals surface area contributed by atoms with E-state index in [1.54, 1.807) is 18.3 Å². The maximum atomic E-state index is 14.5. The van der Waals surface area contributed by atoms with E-state index in [2.05, 4.69) is 30.7 Å². The van der Waals surface area contributed by atoms with E-state index in [0.29, 0.717) is 24.2 Å². The number of piperazine rings is 1. The fraction of sp³-hybridized carbons (Fsp3) is 0.519. The summed E-state index contributed by atoms with van der Waals surface area (Å²) >= 11 is 0. The van der Waals surface area contributed by atoms with E-state index >= 15 is 0 Å². The van der Waals surface area contributed by atoms with Gasteiger partial charge in [-0.3, -0.25) is 19.5 Å². The lowest BCUT2D eigenvalue weighted by Gasteiger charge is -2.41. The van der Waals surface area contributed by atoms with Gasteiger partial charge in [-0.1, -0.05) is 13.8 Å². The number of aromatic nitrogens is 1. The van der Waals surface area contributed by atoms with Gasteiger partial charge in [-0.05, 0) is 74.6 Å². The van der Waals surface area contributed by atoms with Crippen LogP contribution in [-0.4, -0.2) is 52.2 Å². The summed E-state index contributed by atoms with van der Waals surface area (Å²) in [6.07, 6.45) is 3.46. The van der Waals surface area contributed by atoms with Crippen LogP contribution in [0.5, 0.6) is 0 Å². The molecule has 5 nitrogen and oxygen atoms in total. The van der Waals surface area contributed by atoms with Gasteiger partial charge >= 0.3 is 0 Å². The Bertz CT molecular complexity index is 986. The Hall–Kier alpha value is -2.60. The van der Waals surface area contributed by atoms with Crippen molar-refractivity contribution >= 4 is 11.7 Å². The van der Waals surface area contributed by atoms with Gasteiger partial charge in [-0.25, -0.2) is 4.39 Å². The molecular formula is C27H36FN3O2. The average molecular weight is 454 g/mol. The molecule has 1 aromatic heterocycles. The van der Waals surface area contributed by atoms with Crippen molar-refractivity contribution in [2.24, 2.45) is 5.92 Å². The molecule has 1 amide bonds. The first-order valence-electron chi connectivity index (χ1n) is 12.0. The number of pyridine rings is 1. The standard InChI is InChI=1S/C27H36FN3O2/c1-6-21(7-2)27(33)31-11-10-30(16-19(31)4)17-24-13-25(28)12-23(20(24)5)14-26(32)22-9-8-18(3)29-15-22/h8-9,12-13,15,19,21H,6-7,10-11,14,16-17H2,1-5H3/t19-/m0/s1. The van der Waals surface area contributed by atoms with Crippen LogP contribution in [0.2, 0.25) is 0 Å². The van der Waals surface area contributed by atoms with Gasteiger partial charge in [0, 0.05) is 62.0 Å². The number of halogens is 1. The zero-order valence-electron chi connectivity index (χ0n) is 20.5. The molecule has 2 heterocycles. The molecule has 6 heteroatoms. The van der Waals surface area contributed by atoms with Gasteiger partial charge in [0.25, 0.3) is 0 Å². The predicted octanol–water partition coefficient (Wildman–Crippen LogP) is 4.73. The molecule has 0 saturated carbocycles. The molecule has 0 spiro atoms. The number of carbonyl (C=O) groups is 2. The van der Waals surface area contributed by atoms with E-state index in [-0.39, 0.29) is 35.9 Å². The number of hydrogen-bond donors (Lipinski definition) is 0. The van der Waals surface area contributed by atoms with Gasteiger partial charge in [0.05, 0.1) is 0 Å². The number of rotatable bonds is 8. The molecule has 1 aliphatic rings. The first kappa shape index (κ1) is 25.0. The summed E-state index contributed by atoms with van der Waals surface area (Å²) in [6, 6.07) is 6.74. The Balaban J connectivity index is 1.69. The van der Waals surface area contributed by atoms with Gasteiger partial charge in [0.15, 0.2) is 5.78 Å². The first-order valence-corrected chi connectivity index (χ1v) is 12.0. The summed E-state index contributed by atoms with van der Waals surface area (Å²) < 4.78 is 14.5. The van der Waals surface area contributed by atoms with Crippen LogP contribution in [0.15, 0.2) is 30.5 Å². The molecule has 1 atom stereocenters. The van der Waals surface area contributed by atoms with Crippen molar-refractivity contribution in [3.05, 3.63) is 64.2 Å². The highest BCUT2D eigenvalue weighted by molar-refractivity contribution is 5.97. The van der Waals surface area contributed by atoms with E-state index in [1.807, 2.05) is 24.8 Å². The molecule has 3 rings (SSSR count). The maximum Gasteiger partial charge on any atom is 0.225 e. The monoisotopic (exact) mass is 453 g/mol. The summed E-state index contributed by atoms with van der Waals surface area (Å²) in [7, 11) is 0. The Morgan fingerprint density at radius 2 is 1.82 bits per heavy atom. The van der Waals surface area contributed by atoms with Crippen molar-refractivity contribution < 1.29 is 14.0 Å². The van der Waals surface area contributed by atoms with Gasteiger partial charge in [-0.15, -0.1) is 0 Å². The second-order valence-corrected chi connectivity index (χ2v) is 9.27. The van der Waals surface area contributed by atoms with Crippen LogP contribution in [0.4, 0.5) is 4.39 Å². The van der Waals surface area contributed by atoms with Crippen LogP contribution >= 0.6 is 0 Å². The average Bonchev–Trinajstić information content (AvgIpc) is 2.78. The van der Waals surface area contributed by atoms with Crippen LogP contribution in [0.1, 0.15) is 66.4 Å². The fourth-order valence-electron chi connectivity index (χ4n) is 4.67. The molecule has 0 radical (unpaired) electrons. The molecule has 0 unspecified atom stereocenters. The minimum Gasteiger partial charge on any atom is -0.337 e. The third kappa shape index (κ3) is 6.05. The van der Waals surface area contributed by atoms with E-state index in [1.165, 1.54) is 6.07 Å². The van der Waals surface area contributed by atoms with E-state index in [0.717, 1.165) is 42.8 Å². The lowest BCUT2D eigenvalue weighted by molar-refractivity contribution is -0.140. The summed E-state index contributed by atoms with van der Waals surface area (Å²) in [6.45, 7) is 12.9. The van der Waals surface area contributed by atoms with Crippen LogP contribution in [-0.2, 0) is 17.8 Å². The second-order valence-electron chi connectivity index (χ2n) is 9.27. The minimum absolute atomic E-state index is 0.0655. The zero-order chi connectivity index (χ0) is 24.1. The maximum absolute atomic E-state index is 14.5. The van der Waals surface area contributed by atoms with Crippen molar-refractivity contribution in [2.45, 2.75) is 66.5 Å². The summed E-state index contributed by atoms with van der Waals surface area (Å²) in [5.41, 5.74) is 3.95.